The molecule has 0 bridgehead atoms. The summed E-state index contributed by atoms with van der Waals surface area (Å²) in [5.74, 6) is 1.07. The van der Waals surface area contributed by atoms with Crippen LogP contribution in [0.15, 0.2) is 12.1 Å². The Hall–Kier alpha value is -1.18. The van der Waals surface area contributed by atoms with Gasteiger partial charge in [-0.1, -0.05) is 13.8 Å². The van der Waals surface area contributed by atoms with Gasteiger partial charge in [0.15, 0.2) is 0 Å². The van der Waals surface area contributed by atoms with Crippen LogP contribution >= 0.6 is 0 Å². The summed E-state index contributed by atoms with van der Waals surface area (Å²) in [7, 11) is 0. The minimum Gasteiger partial charge on any atom is -0.508 e. The number of nitrogens with one attached hydrogen (secondary N) is 1. The van der Waals surface area contributed by atoms with E-state index in [9.17, 15) is 5.11 Å². The van der Waals surface area contributed by atoms with Crippen LogP contribution in [0.1, 0.15) is 38.3 Å². The van der Waals surface area contributed by atoms with E-state index in [0.717, 1.165) is 23.2 Å². The molecule has 2 nitrogen and oxygen atoms in total. The number of aryl methyl sites for hydroxylation is 2. The zero-order valence-electron chi connectivity index (χ0n) is 11.0. The lowest BCUT2D eigenvalue weighted by Gasteiger charge is -2.19. The fourth-order valence-corrected chi connectivity index (χ4v) is 1.99. The van der Waals surface area contributed by atoms with Gasteiger partial charge in [-0.3, -0.25) is 0 Å². The molecule has 1 aromatic carbocycles. The van der Waals surface area contributed by atoms with Crippen LogP contribution in [0, 0.1) is 19.8 Å². The minimum atomic E-state index is 0.375. The van der Waals surface area contributed by atoms with Crippen molar-refractivity contribution >= 4 is 5.69 Å². The van der Waals surface area contributed by atoms with E-state index in [4.69, 9.17) is 0 Å². The molecule has 0 aliphatic heterocycles. The van der Waals surface area contributed by atoms with Crippen LogP contribution in [-0.2, 0) is 0 Å². The number of hydrogen-bond acceptors (Lipinski definition) is 2. The van der Waals surface area contributed by atoms with E-state index in [0.29, 0.717) is 17.7 Å². The molecule has 16 heavy (non-hydrogen) atoms. The highest BCUT2D eigenvalue weighted by molar-refractivity contribution is 5.57. The number of aromatic hydroxyl groups is 1. The summed E-state index contributed by atoms with van der Waals surface area (Å²) in [6.45, 7) is 10.6. The van der Waals surface area contributed by atoms with Gasteiger partial charge >= 0.3 is 0 Å². The van der Waals surface area contributed by atoms with Crippen LogP contribution in [0.3, 0.4) is 0 Å². The van der Waals surface area contributed by atoms with Crippen molar-refractivity contribution in [1.82, 2.24) is 0 Å². The Bertz CT molecular complexity index is 358. The molecule has 0 saturated heterocycles. The first-order valence-corrected chi connectivity index (χ1v) is 5.97. The van der Waals surface area contributed by atoms with Crippen molar-refractivity contribution in [2.45, 2.75) is 47.1 Å². The Balaban J connectivity index is 2.77. The highest BCUT2D eigenvalue weighted by Gasteiger charge is 2.08. The molecule has 0 amide bonds. The number of rotatable bonds is 4. The second kappa shape index (κ2) is 5.24. The van der Waals surface area contributed by atoms with Gasteiger partial charge in [0.2, 0.25) is 0 Å². The molecule has 0 saturated carbocycles. The topological polar surface area (TPSA) is 32.3 Å². The van der Waals surface area contributed by atoms with Gasteiger partial charge < -0.3 is 10.4 Å². The summed E-state index contributed by atoms with van der Waals surface area (Å²) in [4.78, 5) is 0. The van der Waals surface area contributed by atoms with Gasteiger partial charge in [0.1, 0.15) is 5.75 Å². The van der Waals surface area contributed by atoms with Crippen molar-refractivity contribution in [3.63, 3.8) is 0 Å². The van der Waals surface area contributed by atoms with Crippen molar-refractivity contribution in [3.05, 3.63) is 23.3 Å². The molecule has 0 aliphatic carbocycles. The average Bonchev–Trinajstić information content (AvgIpc) is 2.12. The van der Waals surface area contributed by atoms with Gasteiger partial charge in [-0.05, 0) is 56.4 Å². The Morgan fingerprint density at radius 2 is 1.75 bits per heavy atom. The molecule has 0 spiro atoms. The van der Waals surface area contributed by atoms with E-state index in [1.54, 1.807) is 0 Å². The number of benzene rings is 1. The first kappa shape index (κ1) is 12.9. The molecule has 1 atom stereocenters. The van der Waals surface area contributed by atoms with Crippen molar-refractivity contribution < 1.29 is 5.11 Å². The Labute approximate surface area is 98.7 Å². The van der Waals surface area contributed by atoms with E-state index in [-0.39, 0.29) is 0 Å². The monoisotopic (exact) mass is 221 g/mol. The lowest BCUT2D eigenvalue weighted by atomic mass is 10.0. The van der Waals surface area contributed by atoms with Gasteiger partial charge in [0.05, 0.1) is 0 Å². The molecule has 1 aromatic rings. The van der Waals surface area contributed by atoms with E-state index in [2.05, 4.69) is 26.1 Å². The van der Waals surface area contributed by atoms with Crippen LogP contribution in [0.25, 0.3) is 0 Å². The standard InChI is InChI=1S/C14H23NO/c1-9(2)6-12(5)15-13-7-11(4)14(16)8-10(13)3/h7-9,12,15-16H,6H2,1-5H3. The normalized spacial score (nSPS) is 12.9. The maximum absolute atomic E-state index is 9.58. The van der Waals surface area contributed by atoms with Gasteiger partial charge in [-0.15, -0.1) is 0 Å². The summed E-state index contributed by atoms with van der Waals surface area (Å²) in [6.07, 6.45) is 1.15. The summed E-state index contributed by atoms with van der Waals surface area (Å²) in [5, 5.41) is 13.1. The molecule has 0 aliphatic rings. The fraction of sp³-hybridized carbons (Fsp3) is 0.571. The van der Waals surface area contributed by atoms with E-state index < -0.39 is 0 Å². The fourth-order valence-electron chi connectivity index (χ4n) is 1.99. The predicted molar refractivity (Wildman–Crippen MR) is 70.1 cm³/mol. The summed E-state index contributed by atoms with van der Waals surface area (Å²) in [6, 6.07) is 4.30. The Kier molecular flexibility index (Phi) is 4.22. The quantitative estimate of drug-likeness (QED) is 0.757. The van der Waals surface area contributed by atoms with Crippen molar-refractivity contribution in [2.75, 3.05) is 5.32 Å². The maximum atomic E-state index is 9.58. The molecule has 0 heterocycles. The molecule has 1 rings (SSSR count). The molecular weight excluding hydrogens is 198 g/mol. The van der Waals surface area contributed by atoms with Gasteiger partial charge in [-0.25, -0.2) is 0 Å². The van der Waals surface area contributed by atoms with Crippen LogP contribution in [0.2, 0.25) is 0 Å². The van der Waals surface area contributed by atoms with Gasteiger partial charge in [0, 0.05) is 11.7 Å². The molecule has 1 unspecified atom stereocenters. The van der Waals surface area contributed by atoms with Crippen molar-refractivity contribution in [2.24, 2.45) is 5.92 Å². The third-order valence-corrected chi connectivity index (χ3v) is 2.77. The highest BCUT2D eigenvalue weighted by atomic mass is 16.3. The number of anilines is 1. The van der Waals surface area contributed by atoms with Gasteiger partial charge in [0.25, 0.3) is 0 Å². The molecule has 2 heteroatoms. The van der Waals surface area contributed by atoms with Crippen LogP contribution in [0.4, 0.5) is 5.69 Å². The first-order valence-electron chi connectivity index (χ1n) is 5.97. The van der Waals surface area contributed by atoms with E-state index >= 15 is 0 Å². The van der Waals surface area contributed by atoms with Gasteiger partial charge in [-0.2, -0.15) is 0 Å². The smallest absolute Gasteiger partial charge is 0.118 e. The molecule has 0 aromatic heterocycles. The Morgan fingerprint density at radius 1 is 1.12 bits per heavy atom. The van der Waals surface area contributed by atoms with E-state index in [1.807, 2.05) is 26.0 Å². The Morgan fingerprint density at radius 3 is 2.31 bits per heavy atom. The maximum Gasteiger partial charge on any atom is 0.118 e. The molecular formula is C14H23NO. The third kappa shape index (κ3) is 3.44. The lowest BCUT2D eigenvalue weighted by Crippen LogP contribution is -2.18. The zero-order valence-corrected chi connectivity index (χ0v) is 11.0. The lowest BCUT2D eigenvalue weighted by molar-refractivity contribution is 0.470. The second-order valence-electron chi connectivity index (χ2n) is 5.13. The molecule has 0 radical (unpaired) electrons. The minimum absolute atomic E-state index is 0.375. The summed E-state index contributed by atoms with van der Waals surface area (Å²) in [5.41, 5.74) is 3.15. The SMILES string of the molecule is Cc1cc(NC(C)CC(C)C)c(C)cc1O. The van der Waals surface area contributed by atoms with Crippen molar-refractivity contribution in [3.8, 4) is 5.75 Å². The first-order chi connectivity index (χ1) is 7.40. The van der Waals surface area contributed by atoms with Crippen LogP contribution in [-0.4, -0.2) is 11.1 Å². The van der Waals surface area contributed by atoms with Crippen LogP contribution < -0.4 is 5.32 Å². The molecule has 90 valence electrons. The predicted octanol–water partition coefficient (Wildman–Crippen LogP) is 3.86. The third-order valence-electron chi connectivity index (χ3n) is 2.77. The van der Waals surface area contributed by atoms with E-state index in [1.165, 1.54) is 0 Å². The molecule has 0 fully saturated rings. The summed E-state index contributed by atoms with van der Waals surface area (Å²) < 4.78 is 0. The molecule has 2 N–H and O–H groups in total. The zero-order chi connectivity index (χ0) is 12.3. The van der Waals surface area contributed by atoms with Crippen LogP contribution in [0.5, 0.6) is 5.75 Å². The second-order valence-corrected chi connectivity index (χ2v) is 5.13. The highest BCUT2D eigenvalue weighted by Crippen LogP contribution is 2.26. The largest absolute Gasteiger partial charge is 0.508 e. The van der Waals surface area contributed by atoms with Crippen molar-refractivity contribution in [1.29, 1.82) is 0 Å². The average molecular weight is 221 g/mol. The number of hydrogen-bond donors (Lipinski definition) is 2. The summed E-state index contributed by atoms with van der Waals surface area (Å²) >= 11 is 0. The number of phenols is 1. The number of phenolic OH excluding ortho intramolecular Hbond substituents is 1.